The van der Waals surface area contributed by atoms with Crippen LogP contribution < -0.4 is 0 Å². The summed E-state index contributed by atoms with van der Waals surface area (Å²) >= 11 is 0. The molecule has 1 aromatic rings. The molecule has 0 atom stereocenters. The van der Waals surface area contributed by atoms with Crippen LogP contribution in [-0.4, -0.2) is 19.8 Å². The maximum atomic E-state index is 5.66. The molecule has 0 amide bonds. The third kappa shape index (κ3) is 1.47. The van der Waals surface area contributed by atoms with E-state index in [4.69, 9.17) is 14.2 Å². The molecule has 0 radical (unpaired) electrons. The van der Waals surface area contributed by atoms with Crippen LogP contribution in [0.4, 0.5) is 0 Å². The summed E-state index contributed by atoms with van der Waals surface area (Å²) in [7, 11) is 0. The molecule has 2 bridgehead atoms. The van der Waals surface area contributed by atoms with E-state index >= 15 is 0 Å². The van der Waals surface area contributed by atoms with Crippen molar-refractivity contribution in [3.8, 4) is 0 Å². The number of rotatable bonds is 1. The van der Waals surface area contributed by atoms with E-state index in [-0.39, 0.29) is 0 Å². The van der Waals surface area contributed by atoms with Crippen LogP contribution in [-0.2, 0) is 20.2 Å². The number of ether oxygens (including phenoxy) is 3. The SMILES string of the molecule is Cc1cccc(C23OCC(CO2)CO3)c1. The summed E-state index contributed by atoms with van der Waals surface area (Å²) in [5, 5.41) is 0. The van der Waals surface area contributed by atoms with Crippen LogP contribution in [0.3, 0.4) is 0 Å². The molecule has 3 aliphatic heterocycles. The molecular weight excluding hydrogens is 192 g/mol. The Morgan fingerprint density at radius 3 is 2.40 bits per heavy atom. The molecule has 3 heteroatoms. The Bertz CT molecular complexity index is 353. The second-order valence-corrected chi connectivity index (χ2v) is 4.22. The molecule has 1 aromatic carbocycles. The van der Waals surface area contributed by atoms with Crippen LogP contribution >= 0.6 is 0 Å². The van der Waals surface area contributed by atoms with Gasteiger partial charge in [-0.15, -0.1) is 0 Å². The van der Waals surface area contributed by atoms with E-state index in [1.165, 1.54) is 5.56 Å². The molecule has 3 fully saturated rings. The molecular formula is C12H14O3. The summed E-state index contributed by atoms with van der Waals surface area (Å²) in [5.41, 5.74) is 2.14. The highest BCUT2D eigenvalue weighted by molar-refractivity contribution is 5.25. The summed E-state index contributed by atoms with van der Waals surface area (Å²) in [6.07, 6.45) is 0. The van der Waals surface area contributed by atoms with Crippen molar-refractivity contribution in [3.63, 3.8) is 0 Å². The summed E-state index contributed by atoms with van der Waals surface area (Å²) < 4.78 is 17.0. The minimum Gasteiger partial charge on any atom is -0.323 e. The van der Waals surface area contributed by atoms with Gasteiger partial charge in [-0.1, -0.05) is 23.8 Å². The first kappa shape index (κ1) is 9.33. The van der Waals surface area contributed by atoms with Gasteiger partial charge in [0.1, 0.15) is 0 Å². The van der Waals surface area contributed by atoms with Crippen molar-refractivity contribution >= 4 is 0 Å². The maximum Gasteiger partial charge on any atom is 0.312 e. The average Bonchev–Trinajstić information content (AvgIpc) is 2.31. The average molecular weight is 206 g/mol. The molecule has 0 aromatic heterocycles. The Balaban J connectivity index is 1.97. The van der Waals surface area contributed by atoms with E-state index < -0.39 is 5.97 Å². The minimum absolute atomic E-state index is 0.400. The highest BCUT2D eigenvalue weighted by atomic mass is 16.9. The second-order valence-electron chi connectivity index (χ2n) is 4.22. The first-order chi connectivity index (χ1) is 7.28. The molecule has 0 N–H and O–H groups in total. The van der Waals surface area contributed by atoms with E-state index in [9.17, 15) is 0 Å². The Labute approximate surface area is 89.0 Å². The van der Waals surface area contributed by atoms with Gasteiger partial charge in [0.15, 0.2) is 0 Å². The van der Waals surface area contributed by atoms with E-state index in [1.807, 2.05) is 18.2 Å². The Hall–Kier alpha value is -0.900. The first-order valence-electron chi connectivity index (χ1n) is 5.27. The molecule has 0 aliphatic carbocycles. The van der Waals surface area contributed by atoms with Crippen LogP contribution in [0.5, 0.6) is 0 Å². The zero-order chi connectivity index (χ0) is 10.3. The summed E-state index contributed by atoms with van der Waals surface area (Å²) in [6.45, 7) is 4.24. The van der Waals surface area contributed by atoms with E-state index in [0.717, 1.165) is 25.4 Å². The molecule has 0 spiro atoms. The van der Waals surface area contributed by atoms with Crippen molar-refractivity contribution in [1.82, 2.24) is 0 Å². The molecule has 15 heavy (non-hydrogen) atoms. The van der Waals surface area contributed by atoms with Crippen molar-refractivity contribution in [1.29, 1.82) is 0 Å². The van der Waals surface area contributed by atoms with Crippen LogP contribution in [0.2, 0.25) is 0 Å². The van der Waals surface area contributed by atoms with Gasteiger partial charge in [0.05, 0.1) is 19.8 Å². The molecule has 3 aliphatic rings. The van der Waals surface area contributed by atoms with Crippen molar-refractivity contribution in [2.24, 2.45) is 5.92 Å². The monoisotopic (exact) mass is 206 g/mol. The van der Waals surface area contributed by atoms with Crippen LogP contribution in [0, 0.1) is 12.8 Å². The molecule has 4 rings (SSSR count). The maximum absolute atomic E-state index is 5.66. The lowest BCUT2D eigenvalue weighted by molar-refractivity contribution is -0.460. The zero-order valence-electron chi connectivity index (χ0n) is 8.73. The fraction of sp³-hybridized carbons (Fsp3) is 0.500. The molecule has 0 saturated carbocycles. The topological polar surface area (TPSA) is 27.7 Å². The molecule has 3 heterocycles. The van der Waals surface area contributed by atoms with Gasteiger partial charge in [-0.25, -0.2) is 0 Å². The first-order valence-corrected chi connectivity index (χ1v) is 5.27. The number of benzene rings is 1. The number of hydrogen-bond donors (Lipinski definition) is 0. The fourth-order valence-electron chi connectivity index (χ4n) is 2.04. The molecule has 3 nitrogen and oxygen atoms in total. The van der Waals surface area contributed by atoms with Crippen molar-refractivity contribution in [2.75, 3.05) is 19.8 Å². The normalized spacial score (nSPS) is 34.3. The smallest absolute Gasteiger partial charge is 0.312 e. The van der Waals surface area contributed by atoms with Crippen molar-refractivity contribution in [2.45, 2.75) is 12.9 Å². The predicted octanol–water partition coefficient (Wildman–Crippen LogP) is 1.80. The lowest BCUT2D eigenvalue weighted by Gasteiger charge is -2.45. The largest absolute Gasteiger partial charge is 0.323 e. The lowest BCUT2D eigenvalue weighted by atomic mass is 10.1. The van der Waals surface area contributed by atoms with Gasteiger partial charge in [-0.05, 0) is 13.0 Å². The predicted molar refractivity (Wildman–Crippen MR) is 54.2 cm³/mol. The molecule has 3 saturated heterocycles. The van der Waals surface area contributed by atoms with Crippen LogP contribution in [0.15, 0.2) is 24.3 Å². The number of aryl methyl sites for hydroxylation is 1. The number of hydrogen-bond acceptors (Lipinski definition) is 3. The molecule has 80 valence electrons. The third-order valence-electron chi connectivity index (χ3n) is 2.90. The Morgan fingerprint density at radius 1 is 1.13 bits per heavy atom. The quantitative estimate of drug-likeness (QED) is 0.701. The van der Waals surface area contributed by atoms with Crippen LogP contribution in [0.1, 0.15) is 11.1 Å². The molecule has 0 unspecified atom stereocenters. The Morgan fingerprint density at radius 2 is 1.80 bits per heavy atom. The number of fused-ring (bicyclic) bond motifs is 3. The standard InChI is InChI=1S/C12H14O3/c1-9-3-2-4-11(5-9)12-13-6-10(7-14-12)8-15-12/h2-5,10H,6-8H2,1H3. The van der Waals surface area contributed by atoms with Gasteiger partial charge in [0, 0.05) is 11.5 Å². The van der Waals surface area contributed by atoms with Crippen LogP contribution in [0.25, 0.3) is 0 Å². The van der Waals surface area contributed by atoms with E-state index in [1.54, 1.807) is 0 Å². The van der Waals surface area contributed by atoms with E-state index in [2.05, 4.69) is 13.0 Å². The van der Waals surface area contributed by atoms with Gasteiger partial charge < -0.3 is 14.2 Å². The van der Waals surface area contributed by atoms with Crippen molar-refractivity contribution < 1.29 is 14.2 Å². The summed E-state index contributed by atoms with van der Waals surface area (Å²) in [5.74, 6) is -0.530. The van der Waals surface area contributed by atoms with Gasteiger partial charge >= 0.3 is 5.97 Å². The summed E-state index contributed by atoms with van der Waals surface area (Å²) in [6, 6.07) is 8.08. The minimum atomic E-state index is -0.930. The van der Waals surface area contributed by atoms with Crippen molar-refractivity contribution in [3.05, 3.63) is 35.4 Å². The lowest BCUT2D eigenvalue weighted by Crippen LogP contribution is -2.51. The van der Waals surface area contributed by atoms with E-state index in [0.29, 0.717) is 5.92 Å². The van der Waals surface area contributed by atoms with Gasteiger partial charge in [0.2, 0.25) is 0 Å². The van der Waals surface area contributed by atoms with Gasteiger partial charge in [0.25, 0.3) is 0 Å². The second kappa shape index (κ2) is 3.30. The Kier molecular flexibility index (Phi) is 2.06. The fourth-order valence-corrected chi connectivity index (χ4v) is 2.04. The zero-order valence-corrected chi connectivity index (χ0v) is 8.73. The summed E-state index contributed by atoms with van der Waals surface area (Å²) in [4.78, 5) is 0. The highest BCUT2D eigenvalue weighted by Crippen LogP contribution is 2.38. The third-order valence-corrected chi connectivity index (χ3v) is 2.90. The van der Waals surface area contributed by atoms with Gasteiger partial charge in [-0.2, -0.15) is 0 Å². The highest BCUT2D eigenvalue weighted by Gasteiger charge is 2.46. The van der Waals surface area contributed by atoms with Gasteiger partial charge in [-0.3, -0.25) is 0 Å².